The van der Waals surface area contributed by atoms with Crippen LogP contribution in [0.1, 0.15) is 36.8 Å². The number of carbonyl (C=O) groups is 1. The van der Waals surface area contributed by atoms with E-state index in [1.807, 2.05) is 11.9 Å². The van der Waals surface area contributed by atoms with Gasteiger partial charge in [-0.2, -0.15) is 0 Å². The largest absolute Gasteiger partial charge is 0.341 e. The molecule has 0 aromatic heterocycles. The number of hydrogen-bond donors (Lipinski definition) is 1. The number of nitrogens with one attached hydrogen (secondary N) is 1. The number of amides is 1. The number of hydrogen-bond acceptors (Lipinski definition) is 2. The van der Waals surface area contributed by atoms with E-state index in [1.54, 1.807) is 0 Å². The molecule has 21 heavy (non-hydrogen) atoms. The summed E-state index contributed by atoms with van der Waals surface area (Å²) in [6.45, 7) is 4.70. The first kappa shape index (κ1) is 14.6. The van der Waals surface area contributed by atoms with Crippen molar-refractivity contribution in [2.24, 2.45) is 11.3 Å². The molecule has 1 heterocycles. The molecule has 2 aliphatic rings. The van der Waals surface area contributed by atoms with Crippen molar-refractivity contribution in [3.05, 3.63) is 35.4 Å². The lowest BCUT2D eigenvalue weighted by Crippen LogP contribution is -2.48. The topological polar surface area (TPSA) is 32.3 Å². The molecule has 1 aliphatic carbocycles. The van der Waals surface area contributed by atoms with Gasteiger partial charge in [-0.05, 0) is 37.8 Å². The van der Waals surface area contributed by atoms with Gasteiger partial charge in [0.1, 0.15) is 0 Å². The Morgan fingerprint density at radius 1 is 1.43 bits per heavy atom. The zero-order chi connectivity index (χ0) is 14.9. The van der Waals surface area contributed by atoms with Crippen LogP contribution in [0.4, 0.5) is 0 Å². The normalized spacial score (nSPS) is 28.2. The molecule has 1 aliphatic heterocycles. The fourth-order valence-corrected chi connectivity index (χ4v) is 4.20. The molecule has 3 heteroatoms. The van der Waals surface area contributed by atoms with Gasteiger partial charge in [0.2, 0.25) is 5.91 Å². The van der Waals surface area contributed by atoms with E-state index in [9.17, 15) is 4.79 Å². The van der Waals surface area contributed by atoms with Crippen molar-refractivity contribution in [1.29, 1.82) is 0 Å². The number of nitrogens with zero attached hydrogens (tertiary/aromatic N) is 1. The van der Waals surface area contributed by atoms with Crippen molar-refractivity contribution >= 4 is 5.91 Å². The van der Waals surface area contributed by atoms with Crippen molar-refractivity contribution in [2.75, 3.05) is 20.1 Å². The van der Waals surface area contributed by atoms with Crippen molar-refractivity contribution < 1.29 is 4.79 Å². The van der Waals surface area contributed by atoms with Gasteiger partial charge >= 0.3 is 0 Å². The van der Waals surface area contributed by atoms with Gasteiger partial charge in [0, 0.05) is 20.1 Å². The quantitative estimate of drug-likeness (QED) is 0.926. The Kier molecular flexibility index (Phi) is 4.03. The summed E-state index contributed by atoms with van der Waals surface area (Å²) in [5, 5.41) is 3.47. The molecule has 0 unspecified atom stereocenters. The highest BCUT2D eigenvalue weighted by molar-refractivity contribution is 5.83. The molecule has 3 rings (SSSR count). The Labute approximate surface area is 127 Å². The number of carbonyl (C=O) groups excluding carboxylic acids is 1. The molecule has 0 spiro atoms. The van der Waals surface area contributed by atoms with E-state index in [2.05, 4.69) is 36.5 Å². The van der Waals surface area contributed by atoms with Crippen LogP contribution in [0, 0.1) is 18.3 Å². The van der Waals surface area contributed by atoms with E-state index in [0.717, 1.165) is 26.1 Å². The summed E-state index contributed by atoms with van der Waals surface area (Å²) >= 11 is 0. The minimum absolute atomic E-state index is 0.128. The first-order chi connectivity index (χ1) is 10.1. The SMILES string of the molecule is Cc1cccc(CN(C)C(=O)[C@@]23CCCC[C@H]2CNC3)c1. The molecular formula is C18H26N2O. The van der Waals surface area contributed by atoms with E-state index in [0.29, 0.717) is 11.8 Å². The number of rotatable bonds is 3. The average molecular weight is 286 g/mol. The first-order valence-corrected chi connectivity index (χ1v) is 8.14. The molecule has 2 atom stereocenters. The molecule has 2 fully saturated rings. The third-order valence-corrected chi connectivity index (χ3v) is 5.31. The average Bonchev–Trinajstić information content (AvgIpc) is 2.91. The Hall–Kier alpha value is -1.35. The molecule has 1 N–H and O–H groups in total. The van der Waals surface area contributed by atoms with E-state index in [-0.39, 0.29) is 5.41 Å². The van der Waals surface area contributed by atoms with Gasteiger partial charge in [0.05, 0.1) is 5.41 Å². The van der Waals surface area contributed by atoms with Crippen LogP contribution in [0.25, 0.3) is 0 Å². The lowest BCUT2D eigenvalue weighted by molar-refractivity contribution is -0.144. The molecule has 0 bridgehead atoms. The predicted molar refractivity (Wildman–Crippen MR) is 84.9 cm³/mol. The summed E-state index contributed by atoms with van der Waals surface area (Å²) < 4.78 is 0. The van der Waals surface area contributed by atoms with Crippen LogP contribution < -0.4 is 5.32 Å². The Morgan fingerprint density at radius 3 is 3.10 bits per heavy atom. The third-order valence-electron chi connectivity index (χ3n) is 5.31. The summed E-state index contributed by atoms with van der Waals surface area (Å²) in [6, 6.07) is 8.45. The number of fused-ring (bicyclic) bond motifs is 1. The zero-order valence-electron chi connectivity index (χ0n) is 13.2. The Morgan fingerprint density at radius 2 is 2.29 bits per heavy atom. The summed E-state index contributed by atoms with van der Waals surface area (Å²) in [7, 11) is 1.96. The second-order valence-electron chi connectivity index (χ2n) is 6.88. The molecule has 1 aromatic carbocycles. The molecule has 114 valence electrons. The van der Waals surface area contributed by atoms with Crippen LogP contribution in [-0.4, -0.2) is 30.9 Å². The zero-order valence-corrected chi connectivity index (χ0v) is 13.2. The Balaban J connectivity index is 1.74. The summed E-state index contributed by atoms with van der Waals surface area (Å²) in [5.41, 5.74) is 2.35. The van der Waals surface area contributed by atoms with Gasteiger partial charge < -0.3 is 10.2 Å². The van der Waals surface area contributed by atoms with E-state index in [1.165, 1.54) is 30.4 Å². The lowest BCUT2D eigenvalue weighted by Gasteiger charge is -2.39. The minimum atomic E-state index is -0.128. The fraction of sp³-hybridized carbons (Fsp3) is 0.611. The van der Waals surface area contributed by atoms with Gasteiger partial charge in [-0.1, -0.05) is 42.7 Å². The fourth-order valence-electron chi connectivity index (χ4n) is 4.20. The maximum Gasteiger partial charge on any atom is 0.230 e. The van der Waals surface area contributed by atoms with Gasteiger partial charge in [0.25, 0.3) is 0 Å². The van der Waals surface area contributed by atoms with Gasteiger partial charge in [-0.3, -0.25) is 4.79 Å². The molecule has 1 saturated heterocycles. The van der Waals surface area contributed by atoms with Crippen LogP contribution in [0.5, 0.6) is 0 Å². The van der Waals surface area contributed by atoms with E-state index < -0.39 is 0 Å². The molecule has 3 nitrogen and oxygen atoms in total. The van der Waals surface area contributed by atoms with E-state index in [4.69, 9.17) is 0 Å². The second-order valence-corrected chi connectivity index (χ2v) is 6.88. The van der Waals surface area contributed by atoms with Crippen molar-refractivity contribution in [3.63, 3.8) is 0 Å². The summed E-state index contributed by atoms with van der Waals surface area (Å²) in [4.78, 5) is 15.0. The lowest BCUT2D eigenvalue weighted by atomic mass is 9.67. The smallest absolute Gasteiger partial charge is 0.230 e. The van der Waals surface area contributed by atoms with Crippen molar-refractivity contribution in [3.8, 4) is 0 Å². The minimum Gasteiger partial charge on any atom is -0.341 e. The maximum absolute atomic E-state index is 13.1. The third kappa shape index (κ3) is 2.71. The van der Waals surface area contributed by atoms with Crippen LogP contribution in [0.2, 0.25) is 0 Å². The van der Waals surface area contributed by atoms with Gasteiger partial charge in [0.15, 0.2) is 0 Å². The van der Waals surface area contributed by atoms with Crippen LogP contribution >= 0.6 is 0 Å². The second kappa shape index (κ2) is 5.80. The van der Waals surface area contributed by atoms with Crippen LogP contribution in [0.3, 0.4) is 0 Å². The van der Waals surface area contributed by atoms with E-state index >= 15 is 0 Å². The van der Waals surface area contributed by atoms with Gasteiger partial charge in [-0.15, -0.1) is 0 Å². The van der Waals surface area contributed by atoms with Gasteiger partial charge in [-0.25, -0.2) is 0 Å². The molecule has 1 saturated carbocycles. The molecular weight excluding hydrogens is 260 g/mol. The Bertz CT molecular complexity index is 528. The predicted octanol–water partition coefficient (Wildman–Crippen LogP) is 2.73. The number of benzene rings is 1. The highest BCUT2D eigenvalue weighted by Crippen LogP contribution is 2.45. The van der Waals surface area contributed by atoms with Crippen LogP contribution in [0.15, 0.2) is 24.3 Å². The van der Waals surface area contributed by atoms with Crippen molar-refractivity contribution in [1.82, 2.24) is 10.2 Å². The molecule has 1 amide bonds. The van der Waals surface area contributed by atoms with Crippen molar-refractivity contribution in [2.45, 2.75) is 39.2 Å². The summed E-state index contributed by atoms with van der Waals surface area (Å²) in [6.07, 6.45) is 4.74. The highest BCUT2D eigenvalue weighted by atomic mass is 16.2. The molecule has 0 radical (unpaired) electrons. The highest BCUT2D eigenvalue weighted by Gasteiger charge is 2.50. The first-order valence-electron chi connectivity index (χ1n) is 8.14. The van der Waals surface area contributed by atoms with Crippen LogP contribution in [-0.2, 0) is 11.3 Å². The monoisotopic (exact) mass is 286 g/mol. The maximum atomic E-state index is 13.1. The summed E-state index contributed by atoms with van der Waals surface area (Å²) in [5.74, 6) is 0.886. The molecule has 1 aromatic rings. The standard InChI is InChI=1S/C18H26N2O/c1-14-6-5-7-15(10-14)12-20(2)17(21)18-9-4-3-8-16(18)11-19-13-18/h5-7,10,16,19H,3-4,8-9,11-13H2,1-2H3/t16-,18+/m0/s1. The number of aryl methyl sites for hydroxylation is 1.